The Morgan fingerprint density at radius 1 is 1.05 bits per heavy atom. The number of carbonyl (C=O) groups excluding carboxylic acids is 1. The molecule has 0 rings (SSSR count). The fraction of sp³-hybridized carbons (Fsp3) is 0.933. The van der Waals surface area contributed by atoms with Gasteiger partial charge in [-0.2, -0.15) is 0 Å². The van der Waals surface area contributed by atoms with Crippen molar-refractivity contribution in [3.63, 3.8) is 0 Å². The van der Waals surface area contributed by atoms with Crippen molar-refractivity contribution in [3.05, 3.63) is 0 Å². The van der Waals surface area contributed by atoms with Gasteiger partial charge >= 0.3 is 5.97 Å². The summed E-state index contributed by atoms with van der Waals surface area (Å²) in [6, 6.07) is -0.0919. The molecule has 114 valence electrons. The Morgan fingerprint density at radius 2 is 1.53 bits per heavy atom. The van der Waals surface area contributed by atoms with Gasteiger partial charge in [0, 0.05) is 12.8 Å². The van der Waals surface area contributed by atoms with E-state index in [2.05, 4.69) is 42.3 Å². The quantitative estimate of drug-likeness (QED) is 0.546. The van der Waals surface area contributed by atoms with E-state index >= 15 is 0 Å². The Labute approximate surface area is 119 Å². The Hall–Kier alpha value is -0.610. The monoisotopic (exact) mass is 274 g/mol. The van der Waals surface area contributed by atoms with Gasteiger partial charge in [0.25, 0.3) is 0 Å². The average molecular weight is 274 g/mol. The summed E-state index contributed by atoms with van der Waals surface area (Å²) in [5.74, 6) is -0.0820. The Balaban J connectivity index is 4.62. The van der Waals surface area contributed by atoms with E-state index in [0.29, 0.717) is 4.48 Å². The summed E-state index contributed by atoms with van der Waals surface area (Å²) in [6.07, 6.45) is 1.90. The lowest BCUT2D eigenvalue weighted by atomic mass is 10.1. The highest BCUT2D eigenvalue weighted by atomic mass is 16.6. The third kappa shape index (κ3) is 9.00. The van der Waals surface area contributed by atoms with Crippen molar-refractivity contribution in [2.24, 2.45) is 0 Å². The minimum Gasteiger partial charge on any atom is -0.456 e. The second kappa shape index (κ2) is 6.23. The maximum Gasteiger partial charge on any atom is 0.365 e. The SMILES string of the molecule is CC(C)(C)OC(=O)C(CCC[N+](C)(C)C)[N+](C)(C)C. The molecule has 0 aromatic heterocycles. The molecule has 1 atom stereocenters. The molecule has 0 N–H and O–H groups in total. The van der Waals surface area contributed by atoms with Gasteiger partial charge in [-0.05, 0) is 20.8 Å². The molecule has 0 bridgehead atoms. The fourth-order valence-electron chi connectivity index (χ4n) is 1.95. The Morgan fingerprint density at radius 3 is 1.84 bits per heavy atom. The number of hydrogen-bond donors (Lipinski definition) is 0. The largest absolute Gasteiger partial charge is 0.456 e. The predicted octanol–water partition coefficient (Wildman–Crippen LogP) is 1.89. The molecule has 0 aliphatic carbocycles. The summed E-state index contributed by atoms with van der Waals surface area (Å²) < 4.78 is 7.10. The zero-order valence-corrected chi connectivity index (χ0v) is 14.4. The Bertz CT molecular complexity index is 293. The van der Waals surface area contributed by atoms with E-state index in [-0.39, 0.29) is 12.0 Å². The number of rotatable bonds is 6. The van der Waals surface area contributed by atoms with E-state index in [9.17, 15) is 4.79 Å². The summed E-state index contributed by atoms with van der Waals surface area (Å²) in [7, 11) is 12.7. The fourth-order valence-corrected chi connectivity index (χ4v) is 1.95. The number of carbonyl (C=O) groups is 1. The first-order valence-corrected chi connectivity index (χ1v) is 7.07. The third-order valence-electron chi connectivity index (χ3n) is 2.92. The number of esters is 1. The smallest absolute Gasteiger partial charge is 0.365 e. The maximum absolute atomic E-state index is 12.3. The number of nitrogens with zero attached hydrogens (tertiary/aromatic N) is 2. The standard InChI is InChI=1S/C15H34N2O2/c1-15(2,3)19-14(18)13(17(7,8)9)11-10-12-16(4,5)6/h13H,10-12H2,1-9H3/q+2. The van der Waals surface area contributed by atoms with Gasteiger partial charge in [-0.3, -0.25) is 0 Å². The van der Waals surface area contributed by atoms with E-state index in [1.807, 2.05) is 20.8 Å². The second-order valence-electron chi connectivity index (χ2n) is 8.32. The van der Waals surface area contributed by atoms with Crippen LogP contribution in [-0.2, 0) is 9.53 Å². The zero-order chi connectivity index (χ0) is 15.5. The highest BCUT2D eigenvalue weighted by Crippen LogP contribution is 2.17. The van der Waals surface area contributed by atoms with Crippen LogP contribution in [-0.4, -0.2) is 75.4 Å². The number of hydrogen-bond acceptors (Lipinski definition) is 2. The van der Waals surface area contributed by atoms with Crippen molar-refractivity contribution in [1.82, 2.24) is 0 Å². The van der Waals surface area contributed by atoms with Crippen molar-refractivity contribution in [3.8, 4) is 0 Å². The molecule has 19 heavy (non-hydrogen) atoms. The molecular formula is C15H34N2O2+2. The summed E-state index contributed by atoms with van der Waals surface area (Å²) in [5.41, 5.74) is -0.412. The summed E-state index contributed by atoms with van der Waals surface area (Å²) >= 11 is 0. The van der Waals surface area contributed by atoms with Crippen LogP contribution in [0.2, 0.25) is 0 Å². The molecule has 0 heterocycles. The zero-order valence-electron chi connectivity index (χ0n) is 14.4. The molecule has 1 unspecified atom stereocenters. The van der Waals surface area contributed by atoms with Crippen molar-refractivity contribution in [1.29, 1.82) is 0 Å². The van der Waals surface area contributed by atoms with Crippen LogP contribution in [0.15, 0.2) is 0 Å². The topological polar surface area (TPSA) is 26.3 Å². The molecule has 0 aliphatic rings. The van der Waals surface area contributed by atoms with Crippen molar-refractivity contribution >= 4 is 5.97 Å². The lowest BCUT2D eigenvalue weighted by Gasteiger charge is -2.35. The summed E-state index contributed by atoms with van der Waals surface area (Å²) in [6.45, 7) is 6.83. The lowest BCUT2D eigenvalue weighted by Crippen LogP contribution is -2.52. The molecule has 0 spiro atoms. The van der Waals surface area contributed by atoms with Gasteiger partial charge in [-0.25, -0.2) is 4.79 Å². The minimum absolute atomic E-state index is 0.0820. The molecule has 4 heteroatoms. The molecule has 0 amide bonds. The summed E-state index contributed by atoms with van der Waals surface area (Å²) in [5, 5.41) is 0. The van der Waals surface area contributed by atoms with Crippen LogP contribution >= 0.6 is 0 Å². The van der Waals surface area contributed by atoms with E-state index < -0.39 is 5.60 Å². The molecule has 0 saturated carbocycles. The first-order valence-electron chi connectivity index (χ1n) is 7.07. The summed E-state index contributed by atoms with van der Waals surface area (Å²) in [4.78, 5) is 12.3. The number of quaternary nitrogens is 2. The highest BCUT2D eigenvalue weighted by Gasteiger charge is 2.35. The van der Waals surface area contributed by atoms with Gasteiger partial charge in [0.05, 0.1) is 48.8 Å². The normalized spacial score (nSPS) is 15.2. The van der Waals surface area contributed by atoms with Crippen LogP contribution in [0, 0.1) is 0 Å². The van der Waals surface area contributed by atoms with Gasteiger partial charge in [-0.1, -0.05) is 0 Å². The molecule has 0 radical (unpaired) electrons. The van der Waals surface area contributed by atoms with Crippen LogP contribution in [0.25, 0.3) is 0 Å². The minimum atomic E-state index is -0.412. The third-order valence-corrected chi connectivity index (χ3v) is 2.92. The van der Waals surface area contributed by atoms with E-state index in [0.717, 1.165) is 23.9 Å². The lowest BCUT2D eigenvalue weighted by molar-refractivity contribution is -0.890. The Kier molecular flexibility index (Phi) is 6.03. The van der Waals surface area contributed by atoms with E-state index in [1.54, 1.807) is 0 Å². The molecule has 0 aromatic carbocycles. The van der Waals surface area contributed by atoms with Gasteiger partial charge in [0.2, 0.25) is 0 Å². The van der Waals surface area contributed by atoms with Gasteiger partial charge in [0.15, 0.2) is 6.04 Å². The predicted molar refractivity (Wildman–Crippen MR) is 79.8 cm³/mol. The first-order chi connectivity index (χ1) is 8.22. The van der Waals surface area contributed by atoms with Gasteiger partial charge in [0.1, 0.15) is 5.60 Å². The maximum atomic E-state index is 12.3. The average Bonchev–Trinajstić information content (AvgIpc) is 2.04. The molecule has 4 nitrogen and oxygen atoms in total. The van der Waals surface area contributed by atoms with Gasteiger partial charge < -0.3 is 13.7 Å². The van der Waals surface area contributed by atoms with Crippen molar-refractivity contribution in [2.45, 2.75) is 45.3 Å². The van der Waals surface area contributed by atoms with E-state index in [1.165, 1.54) is 0 Å². The van der Waals surface area contributed by atoms with Crippen LogP contribution in [0.1, 0.15) is 33.6 Å². The molecule has 0 aliphatic heterocycles. The van der Waals surface area contributed by atoms with E-state index in [4.69, 9.17) is 4.74 Å². The van der Waals surface area contributed by atoms with Crippen molar-refractivity contribution in [2.75, 3.05) is 48.8 Å². The molecule has 0 saturated heterocycles. The van der Waals surface area contributed by atoms with Gasteiger partial charge in [-0.15, -0.1) is 0 Å². The van der Waals surface area contributed by atoms with Crippen LogP contribution in [0.3, 0.4) is 0 Å². The molecule has 0 fully saturated rings. The first kappa shape index (κ1) is 18.4. The van der Waals surface area contributed by atoms with Crippen LogP contribution in [0.5, 0.6) is 0 Å². The molecular weight excluding hydrogens is 240 g/mol. The van der Waals surface area contributed by atoms with Crippen molar-refractivity contribution < 1.29 is 18.5 Å². The number of likely N-dealkylation sites (N-methyl/N-ethyl adjacent to an activating group) is 1. The molecule has 0 aromatic rings. The van der Waals surface area contributed by atoms with Crippen LogP contribution in [0.4, 0.5) is 0 Å². The second-order valence-corrected chi connectivity index (χ2v) is 8.32. The van der Waals surface area contributed by atoms with Crippen LogP contribution < -0.4 is 0 Å². The number of ether oxygens (including phenoxy) is 1. The highest BCUT2D eigenvalue weighted by molar-refractivity contribution is 5.74.